The van der Waals surface area contributed by atoms with Gasteiger partial charge in [0.25, 0.3) is 0 Å². The van der Waals surface area contributed by atoms with Gasteiger partial charge in [0.15, 0.2) is 5.65 Å². The Morgan fingerprint density at radius 1 is 1.29 bits per heavy atom. The molecule has 1 aromatic carbocycles. The highest BCUT2D eigenvalue weighted by atomic mass is 35.5. The Labute approximate surface area is 145 Å². The molecule has 0 aliphatic heterocycles. The maximum Gasteiger partial charge on any atom is 0.159 e. The molecule has 7 heteroatoms. The third kappa shape index (κ3) is 3.10. The van der Waals surface area contributed by atoms with E-state index in [2.05, 4.69) is 27.6 Å². The first-order chi connectivity index (χ1) is 11.6. The fourth-order valence-electron chi connectivity index (χ4n) is 2.45. The number of benzene rings is 1. The summed E-state index contributed by atoms with van der Waals surface area (Å²) < 4.78 is 7.00. The summed E-state index contributed by atoms with van der Waals surface area (Å²) in [5.74, 6) is 2.39. The zero-order valence-electron chi connectivity index (χ0n) is 13.9. The van der Waals surface area contributed by atoms with E-state index in [0.29, 0.717) is 10.8 Å². The molecule has 0 spiro atoms. The van der Waals surface area contributed by atoms with Crippen LogP contribution in [0.5, 0.6) is 5.75 Å². The number of methoxy groups -OCH3 is 1. The highest BCUT2D eigenvalue weighted by Crippen LogP contribution is 2.31. The molecule has 0 saturated carbocycles. The summed E-state index contributed by atoms with van der Waals surface area (Å²) in [4.78, 5) is 4.64. The highest BCUT2D eigenvalue weighted by Gasteiger charge is 2.13. The van der Waals surface area contributed by atoms with Crippen LogP contribution in [-0.2, 0) is 0 Å². The van der Waals surface area contributed by atoms with Crippen molar-refractivity contribution in [3.05, 3.63) is 41.0 Å². The van der Waals surface area contributed by atoms with Gasteiger partial charge in [0, 0.05) is 24.2 Å². The second-order valence-electron chi connectivity index (χ2n) is 5.43. The quantitative estimate of drug-likeness (QED) is 0.698. The van der Waals surface area contributed by atoms with Crippen molar-refractivity contribution in [3.63, 3.8) is 0 Å². The SMILES string of the molecule is CCCNc1c(C)c(Nc2ccc(OC)cc2Cl)nc2ccnn12. The first-order valence-electron chi connectivity index (χ1n) is 7.82. The number of rotatable bonds is 6. The summed E-state index contributed by atoms with van der Waals surface area (Å²) in [6.45, 7) is 4.99. The third-order valence-corrected chi connectivity index (χ3v) is 4.06. The largest absolute Gasteiger partial charge is 0.497 e. The summed E-state index contributed by atoms with van der Waals surface area (Å²) in [6, 6.07) is 7.38. The topological polar surface area (TPSA) is 63.5 Å². The van der Waals surface area contributed by atoms with Gasteiger partial charge in [-0.15, -0.1) is 0 Å². The summed E-state index contributed by atoms with van der Waals surface area (Å²) in [5, 5.41) is 11.6. The van der Waals surface area contributed by atoms with Crippen molar-refractivity contribution in [2.24, 2.45) is 0 Å². The van der Waals surface area contributed by atoms with Gasteiger partial charge in [-0.2, -0.15) is 9.61 Å². The van der Waals surface area contributed by atoms with E-state index in [1.807, 2.05) is 29.6 Å². The molecule has 0 atom stereocenters. The van der Waals surface area contributed by atoms with Crippen molar-refractivity contribution in [2.45, 2.75) is 20.3 Å². The number of fused-ring (bicyclic) bond motifs is 1. The number of nitrogens with one attached hydrogen (secondary N) is 2. The van der Waals surface area contributed by atoms with Gasteiger partial charge in [0.05, 0.1) is 24.0 Å². The monoisotopic (exact) mass is 345 g/mol. The Morgan fingerprint density at radius 3 is 2.83 bits per heavy atom. The van der Waals surface area contributed by atoms with Gasteiger partial charge in [-0.05, 0) is 25.5 Å². The van der Waals surface area contributed by atoms with Gasteiger partial charge in [-0.1, -0.05) is 18.5 Å². The zero-order chi connectivity index (χ0) is 17.1. The molecule has 2 aromatic heterocycles. The van der Waals surface area contributed by atoms with Crippen LogP contribution in [0, 0.1) is 6.92 Å². The predicted molar refractivity (Wildman–Crippen MR) is 97.8 cm³/mol. The molecule has 3 rings (SSSR count). The first-order valence-corrected chi connectivity index (χ1v) is 8.20. The molecular formula is C17H20ClN5O. The lowest BCUT2D eigenvalue weighted by Crippen LogP contribution is -2.11. The number of hydrogen-bond acceptors (Lipinski definition) is 5. The smallest absolute Gasteiger partial charge is 0.159 e. The summed E-state index contributed by atoms with van der Waals surface area (Å²) in [5.41, 5.74) is 2.52. The van der Waals surface area contributed by atoms with Crippen LogP contribution in [0.15, 0.2) is 30.5 Å². The molecule has 0 aliphatic rings. The molecule has 2 N–H and O–H groups in total. The number of hydrogen-bond donors (Lipinski definition) is 2. The van der Waals surface area contributed by atoms with Crippen molar-refractivity contribution in [2.75, 3.05) is 24.3 Å². The number of aromatic nitrogens is 3. The maximum absolute atomic E-state index is 6.33. The van der Waals surface area contributed by atoms with Crippen molar-refractivity contribution < 1.29 is 4.74 Å². The summed E-state index contributed by atoms with van der Waals surface area (Å²) >= 11 is 6.33. The van der Waals surface area contributed by atoms with Crippen molar-refractivity contribution >= 4 is 34.6 Å². The van der Waals surface area contributed by atoms with E-state index in [-0.39, 0.29) is 0 Å². The van der Waals surface area contributed by atoms with Gasteiger partial charge in [-0.3, -0.25) is 0 Å². The van der Waals surface area contributed by atoms with Crippen molar-refractivity contribution in [3.8, 4) is 5.75 Å². The van der Waals surface area contributed by atoms with E-state index < -0.39 is 0 Å². The predicted octanol–water partition coefficient (Wildman–Crippen LogP) is 4.27. The molecule has 6 nitrogen and oxygen atoms in total. The Kier molecular flexibility index (Phi) is 4.76. The molecule has 0 saturated heterocycles. The Hall–Kier alpha value is -2.47. The van der Waals surface area contributed by atoms with Crippen LogP contribution in [-0.4, -0.2) is 28.3 Å². The lowest BCUT2D eigenvalue weighted by atomic mass is 10.2. The zero-order valence-corrected chi connectivity index (χ0v) is 14.7. The average molecular weight is 346 g/mol. The molecule has 3 aromatic rings. The minimum atomic E-state index is 0.576. The molecular weight excluding hydrogens is 326 g/mol. The fourth-order valence-corrected chi connectivity index (χ4v) is 2.66. The lowest BCUT2D eigenvalue weighted by molar-refractivity contribution is 0.415. The van der Waals surface area contributed by atoms with Crippen LogP contribution in [0.2, 0.25) is 5.02 Å². The normalized spacial score (nSPS) is 10.8. The van der Waals surface area contributed by atoms with E-state index in [1.54, 1.807) is 19.4 Å². The molecule has 0 aliphatic carbocycles. The lowest BCUT2D eigenvalue weighted by Gasteiger charge is -2.16. The number of halogens is 1. The van der Waals surface area contributed by atoms with Gasteiger partial charge >= 0.3 is 0 Å². The standard InChI is InChI=1S/C17H20ClN5O/c1-4-8-19-17-11(2)16(22-15-7-9-20-23(15)17)21-14-6-5-12(24-3)10-13(14)18/h5-7,9-10,19H,4,8H2,1-3H3,(H,21,22). The molecule has 2 heterocycles. The van der Waals surface area contributed by atoms with Crippen LogP contribution in [0.25, 0.3) is 5.65 Å². The summed E-state index contributed by atoms with van der Waals surface area (Å²) in [6.07, 6.45) is 2.76. The van der Waals surface area contributed by atoms with Crippen LogP contribution >= 0.6 is 11.6 Å². The Balaban J connectivity index is 2.01. The molecule has 0 fully saturated rings. The average Bonchev–Trinajstić information content (AvgIpc) is 3.04. The fraction of sp³-hybridized carbons (Fsp3) is 0.294. The van der Waals surface area contributed by atoms with Crippen molar-refractivity contribution in [1.82, 2.24) is 14.6 Å². The highest BCUT2D eigenvalue weighted by molar-refractivity contribution is 6.33. The number of ether oxygens (including phenoxy) is 1. The molecule has 126 valence electrons. The minimum absolute atomic E-state index is 0.576. The van der Waals surface area contributed by atoms with Crippen LogP contribution in [0.3, 0.4) is 0 Å². The van der Waals surface area contributed by atoms with E-state index in [0.717, 1.165) is 41.5 Å². The van der Waals surface area contributed by atoms with Gasteiger partial charge < -0.3 is 15.4 Å². The minimum Gasteiger partial charge on any atom is -0.497 e. The van der Waals surface area contributed by atoms with E-state index >= 15 is 0 Å². The number of nitrogens with zero attached hydrogens (tertiary/aromatic N) is 3. The summed E-state index contributed by atoms with van der Waals surface area (Å²) in [7, 11) is 1.61. The Morgan fingerprint density at radius 2 is 2.12 bits per heavy atom. The second-order valence-corrected chi connectivity index (χ2v) is 5.84. The van der Waals surface area contributed by atoms with Crippen LogP contribution in [0.4, 0.5) is 17.3 Å². The Bertz CT molecular complexity index is 862. The van der Waals surface area contributed by atoms with E-state index in [4.69, 9.17) is 16.3 Å². The molecule has 0 unspecified atom stereocenters. The molecule has 24 heavy (non-hydrogen) atoms. The molecule has 0 bridgehead atoms. The van der Waals surface area contributed by atoms with Gasteiger partial charge in [0.1, 0.15) is 17.4 Å². The second kappa shape index (κ2) is 6.97. The van der Waals surface area contributed by atoms with Crippen LogP contribution in [0.1, 0.15) is 18.9 Å². The third-order valence-electron chi connectivity index (χ3n) is 3.74. The van der Waals surface area contributed by atoms with Gasteiger partial charge in [-0.25, -0.2) is 4.98 Å². The molecule has 0 amide bonds. The maximum atomic E-state index is 6.33. The van der Waals surface area contributed by atoms with Gasteiger partial charge in [0.2, 0.25) is 0 Å². The van der Waals surface area contributed by atoms with E-state index in [9.17, 15) is 0 Å². The van der Waals surface area contributed by atoms with Crippen LogP contribution < -0.4 is 15.4 Å². The first kappa shape index (κ1) is 16.4. The van der Waals surface area contributed by atoms with Crippen molar-refractivity contribution in [1.29, 1.82) is 0 Å². The molecule has 0 radical (unpaired) electrons. The number of anilines is 3. The van der Waals surface area contributed by atoms with E-state index in [1.165, 1.54) is 0 Å².